The summed E-state index contributed by atoms with van der Waals surface area (Å²) in [6, 6.07) is 0. The average Bonchev–Trinajstić information content (AvgIpc) is 2.22. The van der Waals surface area contributed by atoms with Gasteiger partial charge >= 0.3 is 5.97 Å². The Morgan fingerprint density at radius 2 is 2.07 bits per heavy atom. The van der Waals surface area contributed by atoms with Crippen LogP contribution < -0.4 is 0 Å². The van der Waals surface area contributed by atoms with Gasteiger partial charge in [-0.2, -0.15) is 0 Å². The van der Waals surface area contributed by atoms with Crippen LogP contribution in [0, 0.1) is 5.92 Å². The standard InChI is InChI=1S/C11H20O3/c1-3-4-5-6-10(9-12)7-8-11(13)14-2/h9-10H,3-8H2,1-2H3. The van der Waals surface area contributed by atoms with Gasteiger partial charge in [0, 0.05) is 12.3 Å². The Morgan fingerprint density at radius 3 is 2.57 bits per heavy atom. The minimum Gasteiger partial charge on any atom is -0.469 e. The summed E-state index contributed by atoms with van der Waals surface area (Å²) >= 11 is 0. The van der Waals surface area contributed by atoms with E-state index in [9.17, 15) is 9.59 Å². The summed E-state index contributed by atoms with van der Waals surface area (Å²) in [5.41, 5.74) is 0. The van der Waals surface area contributed by atoms with Gasteiger partial charge in [0.1, 0.15) is 6.29 Å². The monoisotopic (exact) mass is 200 g/mol. The van der Waals surface area contributed by atoms with Crippen LogP contribution >= 0.6 is 0 Å². The lowest BCUT2D eigenvalue weighted by Crippen LogP contribution is -2.07. The zero-order valence-corrected chi connectivity index (χ0v) is 9.12. The largest absolute Gasteiger partial charge is 0.469 e. The van der Waals surface area contributed by atoms with E-state index in [-0.39, 0.29) is 11.9 Å². The number of methoxy groups -OCH3 is 1. The van der Waals surface area contributed by atoms with Crippen LogP contribution in [-0.4, -0.2) is 19.4 Å². The Labute approximate surface area is 85.8 Å². The molecule has 0 aromatic rings. The van der Waals surface area contributed by atoms with Crippen molar-refractivity contribution in [3.05, 3.63) is 0 Å². The summed E-state index contributed by atoms with van der Waals surface area (Å²) in [6.45, 7) is 2.13. The van der Waals surface area contributed by atoms with Gasteiger partial charge in [-0.05, 0) is 12.8 Å². The van der Waals surface area contributed by atoms with Crippen LogP contribution in [0.25, 0.3) is 0 Å². The van der Waals surface area contributed by atoms with E-state index < -0.39 is 0 Å². The third-order valence-corrected chi connectivity index (χ3v) is 2.32. The predicted octanol–water partition coefficient (Wildman–Crippen LogP) is 2.33. The van der Waals surface area contributed by atoms with Crippen LogP contribution in [0.2, 0.25) is 0 Å². The van der Waals surface area contributed by atoms with E-state index in [4.69, 9.17) is 0 Å². The molecule has 0 aromatic heterocycles. The molecule has 1 unspecified atom stereocenters. The highest BCUT2D eigenvalue weighted by atomic mass is 16.5. The number of ether oxygens (including phenoxy) is 1. The summed E-state index contributed by atoms with van der Waals surface area (Å²) in [5, 5.41) is 0. The van der Waals surface area contributed by atoms with Crippen molar-refractivity contribution in [1.82, 2.24) is 0 Å². The molecule has 0 aliphatic rings. The van der Waals surface area contributed by atoms with E-state index in [1.165, 1.54) is 7.11 Å². The number of rotatable bonds is 8. The molecule has 0 aliphatic carbocycles. The summed E-state index contributed by atoms with van der Waals surface area (Å²) in [7, 11) is 1.37. The second-order valence-electron chi connectivity index (χ2n) is 3.51. The number of hydrogen-bond acceptors (Lipinski definition) is 3. The third-order valence-electron chi connectivity index (χ3n) is 2.32. The van der Waals surface area contributed by atoms with Crippen LogP contribution in [0.15, 0.2) is 0 Å². The number of hydrogen-bond donors (Lipinski definition) is 0. The predicted molar refractivity (Wildman–Crippen MR) is 54.9 cm³/mol. The minimum absolute atomic E-state index is 0.0284. The summed E-state index contributed by atoms with van der Waals surface area (Å²) in [6.07, 6.45) is 6.21. The Bertz CT molecular complexity index is 166. The molecule has 0 saturated heterocycles. The lowest BCUT2D eigenvalue weighted by Gasteiger charge is -2.08. The van der Waals surface area contributed by atoms with E-state index in [0.29, 0.717) is 12.8 Å². The molecule has 0 aromatic carbocycles. The van der Waals surface area contributed by atoms with Crippen LogP contribution in [0.5, 0.6) is 0 Å². The Kier molecular flexibility index (Phi) is 8.19. The highest BCUT2D eigenvalue weighted by Gasteiger charge is 2.09. The summed E-state index contributed by atoms with van der Waals surface area (Å²) in [5.74, 6) is -0.201. The first-order chi connectivity index (χ1) is 6.74. The SMILES string of the molecule is CCCCCC(C=O)CCC(=O)OC. The molecule has 0 N–H and O–H groups in total. The molecule has 0 radical (unpaired) electrons. The highest BCUT2D eigenvalue weighted by Crippen LogP contribution is 2.13. The molecular formula is C11H20O3. The Balaban J connectivity index is 3.57. The molecule has 3 heteroatoms. The molecule has 0 fully saturated rings. The van der Waals surface area contributed by atoms with Crippen molar-refractivity contribution in [2.45, 2.75) is 45.4 Å². The Morgan fingerprint density at radius 1 is 1.36 bits per heavy atom. The summed E-state index contributed by atoms with van der Waals surface area (Å²) < 4.78 is 4.52. The van der Waals surface area contributed by atoms with Crippen molar-refractivity contribution in [3.8, 4) is 0 Å². The van der Waals surface area contributed by atoms with Crippen molar-refractivity contribution < 1.29 is 14.3 Å². The van der Waals surface area contributed by atoms with Crippen molar-refractivity contribution in [3.63, 3.8) is 0 Å². The van der Waals surface area contributed by atoms with Gasteiger partial charge in [0.05, 0.1) is 7.11 Å². The number of carbonyl (C=O) groups excluding carboxylic acids is 2. The van der Waals surface area contributed by atoms with Gasteiger partial charge in [-0.25, -0.2) is 0 Å². The van der Waals surface area contributed by atoms with Crippen molar-refractivity contribution >= 4 is 12.3 Å². The molecule has 3 nitrogen and oxygen atoms in total. The maximum Gasteiger partial charge on any atom is 0.305 e. The van der Waals surface area contributed by atoms with Gasteiger partial charge in [-0.3, -0.25) is 4.79 Å². The van der Waals surface area contributed by atoms with Crippen LogP contribution in [-0.2, 0) is 14.3 Å². The van der Waals surface area contributed by atoms with E-state index in [1.807, 2.05) is 0 Å². The molecule has 0 spiro atoms. The maximum absolute atomic E-state index is 10.8. The zero-order chi connectivity index (χ0) is 10.8. The van der Waals surface area contributed by atoms with Crippen molar-refractivity contribution in [2.24, 2.45) is 5.92 Å². The van der Waals surface area contributed by atoms with E-state index in [0.717, 1.165) is 32.0 Å². The van der Waals surface area contributed by atoms with Crippen LogP contribution in [0.4, 0.5) is 0 Å². The maximum atomic E-state index is 10.8. The number of carbonyl (C=O) groups is 2. The number of aldehydes is 1. The van der Waals surface area contributed by atoms with Gasteiger partial charge in [0.15, 0.2) is 0 Å². The summed E-state index contributed by atoms with van der Waals surface area (Å²) in [4.78, 5) is 21.5. The number of unbranched alkanes of at least 4 members (excludes halogenated alkanes) is 2. The molecule has 14 heavy (non-hydrogen) atoms. The molecule has 0 saturated carbocycles. The second-order valence-corrected chi connectivity index (χ2v) is 3.51. The topological polar surface area (TPSA) is 43.4 Å². The van der Waals surface area contributed by atoms with Crippen LogP contribution in [0.1, 0.15) is 45.4 Å². The minimum atomic E-state index is -0.229. The fourth-order valence-corrected chi connectivity index (χ4v) is 1.34. The van der Waals surface area contributed by atoms with Gasteiger partial charge in [-0.1, -0.05) is 26.2 Å². The molecule has 0 amide bonds. The molecule has 0 rings (SSSR count). The Hall–Kier alpha value is -0.860. The molecule has 0 bridgehead atoms. The smallest absolute Gasteiger partial charge is 0.305 e. The van der Waals surface area contributed by atoms with Crippen molar-refractivity contribution in [2.75, 3.05) is 7.11 Å². The third kappa shape index (κ3) is 6.63. The molecule has 0 aliphatic heterocycles. The second kappa shape index (κ2) is 8.73. The number of esters is 1. The van der Waals surface area contributed by atoms with Gasteiger partial charge in [-0.15, -0.1) is 0 Å². The quantitative estimate of drug-likeness (QED) is 0.343. The first kappa shape index (κ1) is 13.1. The van der Waals surface area contributed by atoms with Crippen LogP contribution in [0.3, 0.4) is 0 Å². The van der Waals surface area contributed by atoms with E-state index >= 15 is 0 Å². The lowest BCUT2D eigenvalue weighted by atomic mass is 9.98. The first-order valence-corrected chi connectivity index (χ1v) is 5.26. The van der Waals surface area contributed by atoms with Gasteiger partial charge in [0.25, 0.3) is 0 Å². The molecule has 1 atom stereocenters. The average molecular weight is 200 g/mol. The van der Waals surface area contributed by atoms with E-state index in [1.54, 1.807) is 0 Å². The highest BCUT2D eigenvalue weighted by molar-refractivity contribution is 5.69. The zero-order valence-electron chi connectivity index (χ0n) is 9.12. The molecule has 0 heterocycles. The fourth-order valence-electron chi connectivity index (χ4n) is 1.34. The van der Waals surface area contributed by atoms with Gasteiger partial charge < -0.3 is 9.53 Å². The van der Waals surface area contributed by atoms with Gasteiger partial charge in [0.2, 0.25) is 0 Å². The normalized spacial score (nSPS) is 12.1. The first-order valence-electron chi connectivity index (χ1n) is 5.26. The van der Waals surface area contributed by atoms with E-state index in [2.05, 4.69) is 11.7 Å². The van der Waals surface area contributed by atoms with Crippen molar-refractivity contribution in [1.29, 1.82) is 0 Å². The molecule has 82 valence electrons. The fraction of sp³-hybridized carbons (Fsp3) is 0.818. The lowest BCUT2D eigenvalue weighted by molar-refractivity contribution is -0.140. The molecular weight excluding hydrogens is 180 g/mol.